The molecular formula is C50H53N9O9S4. The molecule has 376 valence electrons. The molecule has 6 aromatic rings. The number of carbonyl (C=O) groups excluding carboxylic acids is 1. The molecule has 72 heavy (non-hydrogen) atoms. The van der Waals surface area contributed by atoms with E-state index in [9.17, 15) is 26.4 Å². The SMILES string of the molecule is [C-]#[N+]c1cc(-c2nnc(-c3cccc4c3CCC[C@H]4NS(=O)(=O)CC(=O)N(C)C)s2)ccc1OC(C)C.[C-]#[N+]c1cc(-c2nnc(-c3cccc4c3CCC[C@H]4NS(=O)(=O)CC(=O)O)s2)ccc1OC(C)C. The maximum atomic E-state index is 12.7. The Balaban J connectivity index is 0.000000212. The molecule has 18 nitrogen and oxygen atoms in total. The number of aliphatic carboxylic acids is 1. The van der Waals surface area contributed by atoms with E-state index in [1.165, 1.54) is 41.7 Å². The van der Waals surface area contributed by atoms with Gasteiger partial charge in [0.05, 0.1) is 25.4 Å². The fraction of sp³-hybridized carbons (Fsp3) is 0.360. The van der Waals surface area contributed by atoms with Gasteiger partial charge in [0.25, 0.3) is 0 Å². The monoisotopic (exact) mass is 1050 g/mol. The van der Waals surface area contributed by atoms with Crippen LogP contribution in [0.3, 0.4) is 0 Å². The molecule has 0 bridgehead atoms. The molecule has 22 heteroatoms. The Morgan fingerprint density at radius 3 is 1.49 bits per heavy atom. The van der Waals surface area contributed by atoms with Crippen LogP contribution in [0.15, 0.2) is 72.8 Å². The third-order valence-corrected chi connectivity index (χ3v) is 16.0. The van der Waals surface area contributed by atoms with Gasteiger partial charge in [-0.1, -0.05) is 71.2 Å². The minimum Gasteiger partial charge on any atom is -0.502 e. The zero-order valence-electron chi connectivity index (χ0n) is 40.4. The lowest BCUT2D eigenvalue weighted by Gasteiger charge is -2.27. The van der Waals surface area contributed by atoms with Gasteiger partial charge in [0.1, 0.15) is 37.3 Å². The van der Waals surface area contributed by atoms with Gasteiger partial charge in [-0.2, -0.15) is 0 Å². The number of amides is 1. The van der Waals surface area contributed by atoms with Crippen LogP contribution in [0.5, 0.6) is 11.5 Å². The second-order valence-corrected chi connectivity index (χ2v) is 23.3. The zero-order valence-corrected chi connectivity index (χ0v) is 43.6. The van der Waals surface area contributed by atoms with E-state index in [1.807, 2.05) is 76.2 Å². The first-order valence-corrected chi connectivity index (χ1v) is 27.9. The smallest absolute Gasteiger partial charge is 0.320 e. The average molecular weight is 1050 g/mol. The Kier molecular flexibility index (Phi) is 16.8. The van der Waals surface area contributed by atoms with Crippen LogP contribution in [0.25, 0.3) is 52.0 Å². The lowest BCUT2D eigenvalue weighted by atomic mass is 9.85. The van der Waals surface area contributed by atoms with Crippen LogP contribution in [0, 0.1) is 13.1 Å². The summed E-state index contributed by atoms with van der Waals surface area (Å²) in [7, 11) is -4.69. The van der Waals surface area contributed by atoms with Gasteiger partial charge in [0, 0.05) is 48.4 Å². The fourth-order valence-electron chi connectivity index (χ4n) is 8.39. The quantitative estimate of drug-likeness (QED) is 0.0769. The zero-order chi connectivity index (χ0) is 51.9. The molecule has 2 aromatic heterocycles. The average Bonchev–Trinajstić information content (AvgIpc) is 4.02. The molecule has 0 radical (unpaired) electrons. The molecule has 0 unspecified atom stereocenters. The highest BCUT2D eigenvalue weighted by Crippen LogP contribution is 2.43. The van der Waals surface area contributed by atoms with E-state index in [4.69, 9.17) is 27.7 Å². The van der Waals surface area contributed by atoms with Crippen LogP contribution in [0.1, 0.15) is 87.7 Å². The van der Waals surface area contributed by atoms with Crippen molar-refractivity contribution in [3.8, 4) is 53.8 Å². The molecule has 0 saturated carbocycles. The van der Waals surface area contributed by atoms with Crippen molar-refractivity contribution in [2.75, 3.05) is 25.6 Å². The molecule has 2 aliphatic carbocycles. The van der Waals surface area contributed by atoms with Crippen molar-refractivity contribution in [3.05, 3.63) is 118 Å². The van der Waals surface area contributed by atoms with Crippen molar-refractivity contribution in [2.24, 2.45) is 0 Å². The number of ether oxygens (including phenoxy) is 2. The highest BCUT2D eigenvalue weighted by atomic mass is 32.2. The van der Waals surface area contributed by atoms with Crippen LogP contribution in [-0.4, -0.2) is 96.9 Å². The second kappa shape index (κ2) is 22.8. The first kappa shape index (κ1) is 53.1. The van der Waals surface area contributed by atoms with Crippen molar-refractivity contribution in [2.45, 2.75) is 90.5 Å². The normalized spacial score (nSPS) is 15.3. The Hall–Kier alpha value is -6.66. The number of benzene rings is 4. The van der Waals surface area contributed by atoms with E-state index in [-0.39, 0.29) is 12.2 Å². The van der Waals surface area contributed by atoms with Crippen LogP contribution in [-0.2, 0) is 42.5 Å². The standard InChI is InChI=1S/C26H29N5O4S2.C24H24N4O5S2/c1-16(2)35-23-13-12-17(14-22(23)27-3)25-28-29-26(36-25)20-10-6-9-19-18(20)8-7-11-21(19)30-37(33,34)15-24(32)31(4)5;1-14(2)33-21-11-10-15(12-20(21)25-3)23-26-27-24(34-23)18-8-4-7-17-16(18)6-5-9-19(17)28-35(31,32)13-22(29)30/h6,9-10,12-14,16,21,30H,7-8,11,15H2,1-2,4-5H3;4,7-8,10-12,14,19,28H,5-6,9,13H2,1-2H3,(H,29,30)/t21-;19-/m11/s1. The Morgan fingerprint density at radius 1 is 0.681 bits per heavy atom. The Morgan fingerprint density at radius 2 is 1.10 bits per heavy atom. The lowest BCUT2D eigenvalue weighted by Crippen LogP contribution is -2.38. The van der Waals surface area contributed by atoms with Gasteiger partial charge < -0.3 is 19.5 Å². The molecule has 8 rings (SSSR count). The molecule has 0 aliphatic heterocycles. The van der Waals surface area contributed by atoms with Crippen molar-refractivity contribution in [1.82, 2.24) is 34.7 Å². The van der Waals surface area contributed by atoms with E-state index in [1.54, 1.807) is 24.3 Å². The number of sulfonamides is 2. The number of hydrogen-bond donors (Lipinski definition) is 3. The van der Waals surface area contributed by atoms with E-state index in [0.717, 1.165) is 75.2 Å². The highest BCUT2D eigenvalue weighted by Gasteiger charge is 2.31. The predicted molar refractivity (Wildman–Crippen MR) is 277 cm³/mol. The third-order valence-electron chi connectivity index (χ3n) is 11.5. The van der Waals surface area contributed by atoms with Crippen LogP contribution < -0.4 is 18.9 Å². The number of hydrogen-bond acceptors (Lipinski definition) is 14. The van der Waals surface area contributed by atoms with Crippen molar-refractivity contribution in [1.29, 1.82) is 0 Å². The molecule has 4 aromatic carbocycles. The molecule has 0 spiro atoms. The molecule has 3 N–H and O–H groups in total. The van der Waals surface area contributed by atoms with Gasteiger partial charge >= 0.3 is 5.97 Å². The van der Waals surface area contributed by atoms with E-state index in [2.05, 4.69) is 39.5 Å². The van der Waals surface area contributed by atoms with Gasteiger partial charge in [0.15, 0.2) is 5.75 Å². The van der Waals surface area contributed by atoms with Gasteiger partial charge in [0.2, 0.25) is 37.3 Å². The molecule has 2 atom stereocenters. The summed E-state index contributed by atoms with van der Waals surface area (Å²) >= 11 is 2.81. The van der Waals surface area contributed by atoms with E-state index < -0.39 is 55.5 Å². The summed E-state index contributed by atoms with van der Waals surface area (Å²) in [6, 6.07) is 21.3. The lowest BCUT2D eigenvalue weighted by molar-refractivity contribution is -0.134. The van der Waals surface area contributed by atoms with Gasteiger partial charge in [-0.15, -0.1) is 20.4 Å². The summed E-state index contributed by atoms with van der Waals surface area (Å²) < 4.78 is 66.5. The molecule has 0 saturated heterocycles. The predicted octanol–water partition coefficient (Wildman–Crippen LogP) is 9.19. The maximum absolute atomic E-state index is 12.7. The molecule has 1 amide bonds. The number of carbonyl (C=O) groups is 2. The third kappa shape index (κ3) is 13.1. The Labute approximate surface area is 427 Å². The second-order valence-electron chi connectivity index (χ2n) is 17.8. The molecule has 2 aliphatic rings. The van der Waals surface area contributed by atoms with Crippen molar-refractivity contribution < 1.29 is 41.0 Å². The number of carboxylic acids is 1. The summed E-state index contributed by atoms with van der Waals surface area (Å²) in [5.41, 5.74) is 7.89. The molecule has 2 heterocycles. The van der Waals surface area contributed by atoms with Crippen LogP contribution in [0.4, 0.5) is 11.4 Å². The van der Waals surface area contributed by atoms with Crippen LogP contribution >= 0.6 is 22.7 Å². The van der Waals surface area contributed by atoms with Crippen LogP contribution in [0.2, 0.25) is 0 Å². The summed E-state index contributed by atoms with van der Waals surface area (Å²) in [5.74, 6) is -2.35. The first-order valence-electron chi connectivity index (χ1n) is 22.9. The molecule has 0 fully saturated rings. The minimum atomic E-state index is -3.96. The minimum absolute atomic E-state index is 0.0366. The maximum Gasteiger partial charge on any atom is 0.320 e. The topological polar surface area (TPSA) is 229 Å². The summed E-state index contributed by atoms with van der Waals surface area (Å²) in [6.45, 7) is 22.6. The fourth-order valence-corrected chi connectivity index (χ4v) is 12.6. The van der Waals surface area contributed by atoms with Crippen molar-refractivity contribution in [3.63, 3.8) is 0 Å². The van der Waals surface area contributed by atoms with E-state index >= 15 is 0 Å². The summed E-state index contributed by atoms with van der Waals surface area (Å²) in [6.07, 6.45) is 4.25. The first-order chi connectivity index (χ1) is 34.2. The summed E-state index contributed by atoms with van der Waals surface area (Å²) in [4.78, 5) is 31.3. The van der Waals surface area contributed by atoms with E-state index in [0.29, 0.717) is 50.7 Å². The summed E-state index contributed by atoms with van der Waals surface area (Å²) in [5, 5.41) is 29.2. The molecular weight excluding hydrogens is 999 g/mol. The number of fused-ring (bicyclic) bond motifs is 2. The van der Waals surface area contributed by atoms with Gasteiger partial charge in [-0.3, -0.25) is 9.59 Å². The largest absolute Gasteiger partial charge is 0.502 e. The van der Waals surface area contributed by atoms with Gasteiger partial charge in [-0.05, 0) is 113 Å². The van der Waals surface area contributed by atoms with Gasteiger partial charge in [-0.25, -0.2) is 36.0 Å². The van der Waals surface area contributed by atoms with Crippen molar-refractivity contribution >= 4 is 66.0 Å². The Bertz CT molecular complexity index is 3300. The number of carboxylic acid groups (broad SMARTS) is 1. The number of aromatic nitrogens is 4. The number of rotatable bonds is 16. The number of nitrogens with zero attached hydrogens (tertiary/aromatic N) is 7. The highest BCUT2D eigenvalue weighted by molar-refractivity contribution is 7.90. The number of nitrogens with one attached hydrogen (secondary N) is 2.